The number of ether oxygens (including phenoxy) is 1. The molecule has 1 aliphatic carbocycles. The van der Waals surface area contributed by atoms with Crippen molar-refractivity contribution >= 4 is 18.1 Å². The largest absolute Gasteiger partial charge is 0.456 e. The maximum atomic E-state index is 13.4. The van der Waals surface area contributed by atoms with Gasteiger partial charge in [-0.2, -0.15) is 0 Å². The summed E-state index contributed by atoms with van der Waals surface area (Å²) in [5.74, 6) is 1.23. The van der Waals surface area contributed by atoms with Crippen LogP contribution in [0.1, 0.15) is 57.1 Å². The number of esters is 1. The lowest BCUT2D eigenvalue weighted by molar-refractivity contribution is -0.538. The fraction of sp³-hybridized carbons (Fsp3) is 0.538. The number of amides is 1. The summed E-state index contributed by atoms with van der Waals surface area (Å²) in [7, 11) is 0. The molecule has 2 aromatic rings. The average molecular weight is 476 g/mol. The lowest BCUT2D eigenvalue weighted by atomic mass is 9.69. The van der Waals surface area contributed by atoms with E-state index in [2.05, 4.69) is 51.4 Å². The molecule has 1 aromatic heterocycles. The molecule has 6 rings (SSSR count). The molecule has 3 aliphatic heterocycles. The first kappa shape index (κ1) is 22.1. The highest BCUT2D eigenvalue weighted by atomic mass is 16.5. The van der Waals surface area contributed by atoms with E-state index in [1.807, 2.05) is 9.58 Å². The molecule has 1 saturated heterocycles. The number of fused-ring (bicyclic) bond motifs is 3. The highest BCUT2D eigenvalue weighted by Gasteiger charge is 2.50. The van der Waals surface area contributed by atoms with Crippen LogP contribution < -0.4 is 0 Å². The molecule has 35 heavy (non-hydrogen) atoms. The van der Waals surface area contributed by atoms with Gasteiger partial charge < -0.3 is 9.64 Å². The number of tetrazole rings is 1. The molecule has 0 radical (unpaired) electrons. The molecule has 1 saturated carbocycles. The summed E-state index contributed by atoms with van der Waals surface area (Å²) < 4.78 is 9.39. The summed E-state index contributed by atoms with van der Waals surface area (Å²) in [5.41, 5.74) is 4.74. The Labute approximate surface area is 204 Å². The van der Waals surface area contributed by atoms with E-state index < -0.39 is 0 Å². The Morgan fingerprint density at radius 3 is 2.80 bits per heavy atom. The molecule has 0 N–H and O–H groups in total. The van der Waals surface area contributed by atoms with Gasteiger partial charge in [-0.25, -0.2) is 14.1 Å². The predicted molar refractivity (Wildman–Crippen MR) is 127 cm³/mol. The Kier molecular flexibility index (Phi) is 5.30. The Morgan fingerprint density at radius 2 is 2.06 bits per heavy atom. The number of rotatable bonds is 5. The van der Waals surface area contributed by atoms with Crippen LogP contribution in [0.15, 0.2) is 29.5 Å². The fourth-order valence-electron chi connectivity index (χ4n) is 6.19. The van der Waals surface area contributed by atoms with Crippen molar-refractivity contribution in [3.63, 3.8) is 0 Å². The van der Waals surface area contributed by atoms with E-state index in [9.17, 15) is 9.59 Å². The van der Waals surface area contributed by atoms with Crippen LogP contribution in [0.2, 0.25) is 0 Å². The van der Waals surface area contributed by atoms with Gasteiger partial charge in [0.05, 0.1) is 23.2 Å². The van der Waals surface area contributed by atoms with Gasteiger partial charge in [0.2, 0.25) is 5.91 Å². The average Bonchev–Trinajstić information content (AvgIpc) is 3.61. The molecule has 0 unspecified atom stereocenters. The van der Waals surface area contributed by atoms with Crippen molar-refractivity contribution in [2.45, 2.75) is 59.0 Å². The first-order valence-corrected chi connectivity index (χ1v) is 12.6. The van der Waals surface area contributed by atoms with Gasteiger partial charge in [-0.15, -0.1) is 5.10 Å². The van der Waals surface area contributed by atoms with Gasteiger partial charge >= 0.3 is 5.97 Å². The van der Waals surface area contributed by atoms with Gasteiger partial charge in [-0.1, -0.05) is 12.1 Å². The van der Waals surface area contributed by atoms with Crippen molar-refractivity contribution in [2.24, 2.45) is 11.3 Å². The number of carbonyl (C=O) groups is 2. The Balaban J connectivity index is 1.11. The van der Waals surface area contributed by atoms with Crippen LogP contribution in [-0.4, -0.2) is 67.5 Å². The lowest BCUT2D eigenvalue weighted by Crippen LogP contribution is -2.38. The highest BCUT2D eigenvalue weighted by Crippen LogP contribution is 2.47. The normalized spacial score (nSPS) is 26.1. The topological polar surface area (TPSA) is 93.2 Å². The Hall–Kier alpha value is -3.36. The monoisotopic (exact) mass is 475 g/mol. The summed E-state index contributed by atoms with van der Waals surface area (Å²) in [6, 6.07) is 6.57. The minimum atomic E-state index is -0.297. The number of nitrogens with zero attached hydrogens (tertiary/aromatic N) is 6. The van der Waals surface area contributed by atoms with Crippen molar-refractivity contribution in [1.29, 1.82) is 0 Å². The summed E-state index contributed by atoms with van der Waals surface area (Å²) in [4.78, 5) is 27.0. The van der Waals surface area contributed by atoms with Crippen molar-refractivity contribution < 1.29 is 18.9 Å². The minimum absolute atomic E-state index is 0.193. The van der Waals surface area contributed by atoms with Crippen LogP contribution in [0.3, 0.4) is 0 Å². The van der Waals surface area contributed by atoms with Crippen LogP contribution in [0.25, 0.3) is 11.4 Å². The van der Waals surface area contributed by atoms with Gasteiger partial charge in [-0.3, -0.25) is 4.79 Å². The van der Waals surface area contributed by atoms with E-state index in [-0.39, 0.29) is 23.9 Å². The van der Waals surface area contributed by atoms with Crippen molar-refractivity contribution in [3.8, 4) is 11.4 Å². The van der Waals surface area contributed by atoms with Gasteiger partial charge in [0.1, 0.15) is 19.4 Å². The zero-order chi connectivity index (χ0) is 24.2. The van der Waals surface area contributed by atoms with Crippen LogP contribution in [0.5, 0.6) is 0 Å². The number of cyclic esters (lactones) is 1. The van der Waals surface area contributed by atoms with E-state index in [0.29, 0.717) is 18.0 Å². The van der Waals surface area contributed by atoms with Gasteiger partial charge in [-0.05, 0) is 68.0 Å². The van der Waals surface area contributed by atoms with Gasteiger partial charge in [0.15, 0.2) is 12.4 Å². The number of hydrogen-bond donors (Lipinski definition) is 0. The number of benzene rings is 1. The van der Waals surface area contributed by atoms with E-state index in [1.165, 1.54) is 11.1 Å². The summed E-state index contributed by atoms with van der Waals surface area (Å²) in [6.07, 6.45) is 7.13. The lowest BCUT2D eigenvalue weighted by Gasteiger charge is -2.34. The van der Waals surface area contributed by atoms with Crippen LogP contribution >= 0.6 is 0 Å². The van der Waals surface area contributed by atoms with Crippen molar-refractivity contribution in [3.05, 3.63) is 40.6 Å². The first-order valence-electron chi connectivity index (χ1n) is 12.6. The van der Waals surface area contributed by atoms with E-state index in [1.54, 1.807) is 6.92 Å². The molecular formula is C26H31N6O3+. The van der Waals surface area contributed by atoms with Crippen LogP contribution in [0, 0.1) is 11.3 Å². The molecule has 4 heterocycles. The predicted octanol–water partition coefficient (Wildman–Crippen LogP) is 2.54. The maximum absolute atomic E-state index is 13.4. The Bertz CT molecular complexity index is 1270. The Morgan fingerprint density at radius 1 is 1.23 bits per heavy atom. The second-order valence-corrected chi connectivity index (χ2v) is 10.3. The van der Waals surface area contributed by atoms with Crippen molar-refractivity contribution in [1.82, 2.24) is 25.1 Å². The molecule has 9 nitrogen and oxygen atoms in total. The molecule has 4 aliphatic rings. The summed E-state index contributed by atoms with van der Waals surface area (Å²) in [5, 5.41) is 11.9. The molecule has 1 aromatic carbocycles. The SMILES string of the molecule is CC[N+](=CC1CCC2(CC1)CCN(C1=C(C)C(=O)OC1)C2=O)Cc1ccc2c(c1)Cn1nnnc1-2. The highest BCUT2D eigenvalue weighted by molar-refractivity contribution is 5.94. The number of carbonyl (C=O) groups excluding carboxylic acids is 2. The second kappa shape index (κ2) is 8.39. The first-order chi connectivity index (χ1) is 17.0. The van der Waals surface area contributed by atoms with E-state index >= 15 is 0 Å². The minimum Gasteiger partial charge on any atom is -0.456 e. The van der Waals surface area contributed by atoms with Crippen LogP contribution in [-0.2, 0) is 27.4 Å². The molecule has 0 bridgehead atoms. The zero-order valence-electron chi connectivity index (χ0n) is 20.4. The molecule has 0 atom stereocenters. The second-order valence-electron chi connectivity index (χ2n) is 10.3. The fourth-order valence-corrected chi connectivity index (χ4v) is 6.19. The number of hydrogen-bond acceptors (Lipinski definition) is 6. The third-order valence-electron chi connectivity index (χ3n) is 8.38. The number of likely N-dealkylation sites (tertiary alicyclic amines) is 1. The molecule has 1 amide bonds. The quantitative estimate of drug-likeness (QED) is 0.320. The molecule has 9 heteroatoms. The maximum Gasteiger partial charge on any atom is 0.336 e. The number of aromatic nitrogens is 4. The molecule has 1 spiro atoms. The third kappa shape index (κ3) is 3.68. The van der Waals surface area contributed by atoms with Crippen molar-refractivity contribution in [2.75, 3.05) is 19.7 Å². The van der Waals surface area contributed by atoms with E-state index in [0.717, 1.165) is 68.8 Å². The van der Waals surface area contributed by atoms with E-state index in [4.69, 9.17) is 4.74 Å². The summed E-state index contributed by atoms with van der Waals surface area (Å²) in [6.45, 7) is 7.42. The summed E-state index contributed by atoms with van der Waals surface area (Å²) >= 11 is 0. The molecule has 2 fully saturated rings. The smallest absolute Gasteiger partial charge is 0.336 e. The third-order valence-corrected chi connectivity index (χ3v) is 8.38. The molecule has 182 valence electrons. The van der Waals surface area contributed by atoms with Crippen LogP contribution in [0.4, 0.5) is 0 Å². The zero-order valence-corrected chi connectivity index (χ0v) is 20.4. The van der Waals surface area contributed by atoms with Gasteiger partial charge in [0.25, 0.3) is 0 Å². The van der Waals surface area contributed by atoms with Gasteiger partial charge in [0, 0.05) is 23.6 Å². The standard InChI is InChI=1S/C26H31N6O3/c1-3-30(14-19-4-5-21-20(12-19)15-32-23(21)27-28-29-32)13-18-6-8-26(9-7-18)10-11-31(25(26)34)22-16-35-24(33)17(22)2/h4-5,12-13,18H,3,6-11,14-16H2,1-2H3/q+1. The molecular weight excluding hydrogens is 444 g/mol.